The Hall–Kier alpha value is -1.75. The Morgan fingerprint density at radius 1 is 1.44 bits per heavy atom. The van der Waals surface area contributed by atoms with E-state index in [-0.39, 0.29) is 11.6 Å². The van der Waals surface area contributed by atoms with Gasteiger partial charge >= 0.3 is 0 Å². The van der Waals surface area contributed by atoms with Crippen molar-refractivity contribution in [1.29, 1.82) is 0 Å². The molecule has 0 N–H and O–H groups in total. The van der Waals surface area contributed by atoms with Crippen LogP contribution in [0.25, 0.3) is 0 Å². The smallest absolute Gasteiger partial charge is 0.249 e. The summed E-state index contributed by atoms with van der Waals surface area (Å²) in [5, 5.41) is 4.31. The zero-order chi connectivity index (χ0) is 11.5. The van der Waals surface area contributed by atoms with Crippen LogP contribution in [0, 0.1) is 0 Å². The Morgan fingerprint density at radius 3 is 2.75 bits per heavy atom. The molecule has 2 heterocycles. The molecule has 5 nitrogen and oxygen atoms in total. The van der Waals surface area contributed by atoms with E-state index in [0.29, 0.717) is 17.3 Å². The van der Waals surface area contributed by atoms with Gasteiger partial charge in [0, 0.05) is 18.9 Å². The van der Waals surface area contributed by atoms with Crippen LogP contribution < -0.4 is 0 Å². The molecular weight excluding hydrogens is 228 g/mol. The summed E-state index contributed by atoms with van der Waals surface area (Å²) in [6.07, 6.45) is 4.48. The Morgan fingerprint density at radius 2 is 2.12 bits per heavy atom. The van der Waals surface area contributed by atoms with Gasteiger partial charge in [-0.25, -0.2) is 9.97 Å². The summed E-state index contributed by atoms with van der Waals surface area (Å²) in [4.78, 5) is 19.8. The van der Waals surface area contributed by atoms with Gasteiger partial charge in [0.05, 0.1) is 11.2 Å². The molecule has 0 atom stereocenters. The fourth-order valence-corrected chi connectivity index (χ4v) is 1.58. The van der Waals surface area contributed by atoms with Crippen LogP contribution in [0.5, 0.6) is 0 Å². The zero-order valence-electron chi connectivity index (χ0n) is 8.59. The summed E-state index contributed by atoms with van der Waals surface area (Å²) in [6.45, 7) is 2.45. The first-order valence-corrected chi connectivity index (χ1v) is 5.15. The quantitative estimate of drug-likeness (QED) is 0.759. The fraction of sp³-hybridized carbons (Fsp3) is 0.200. The summed E-state index contributed by atoms with van der Waals surface area (Å²) in [5.41, 5.74) is 0.329. The molecule has 0 bridgehead atoms. The van der Waals surface area contributed by atoms with Crippen LogP contribution in [-0.4, -0.2) is 25.5 Å². The molecule has 0 aliphatic heterocycles. The van der Waals surface area contributed by atoms with Crippen LogP contribution >= 0.6 is 11.6 Å². The van der Waals surface area contributed by atoms with Crippen molar-refractivity contribution >= 4 is 17.4 Å². The minimum Gasteiger partial charge on any atom is -0.283 e. The molecule has 0 amide bonds. The molecule has 0 fully saturated rings. The number of carbonyl (C=O) groups is 1. The van der Waals surface area contributed by atoms with E-state index in [1.54, 1.807) is 6.07 Å². The third kappa shape index (κ3) is 1.81. The molecule has 0 aliphatic rings. The molecule has 2 aromatic heterocycles. The lowest BCUT2D eigenvalue weighted by Crippen LogP contribution is -2.13. The highest BCUT2D eigenvalue weighted by atomic mass is 35.5. The third-order valence-corrected chi connectivity index (χ3v) is 2.35. The molecule has 82 valence electrons. The van der Waals surface area contributed by atoms with Crippen molar-refractivity contribution in [2.45, 2.75) is 13.5 Å². The van der Waals surface area contributed by atoms with Gasteiger partial charge < -0.3 is 0 Å². The molecular formula is C10H9ClN4O. The number of rotatable bonds is 3. The van der Waals surface area contributed by atoms with Crippen LogP contribution in [0.2, 0.25) is 5.02 Å². The second-order valence-corrected chi connectivity index (χ2v) is 3.47. The molecule has 2 rings (SSSR count). The maximum atomic E-state index is 12.0. The first kappa shape index (κ1) is 10.8. The summed E-state index contributed by atoms with van der Waals surface area (Å²) < 4.78 is 1.53. The lowest BCUT2D eigenvalue weighted by Gasteiger charge is -2.02. The fourth-order valence-electron chi connectivity index (χ4n) is 1.35. The van der Waals surface area contributed by atoms with Gasteiger partial charge in [-0.05, 0) is 13.0 Å². The Labute approximate surface area is 97.1 Å². The molecule has 0 saturated carbocycles. The van der Waals surface area contributed by atoms with E-state index < -0.39 is 0 Å². The number of hydrogen-bond donors (Lipinski definition) is 0. The van der Waals surface area contributed by atoms with Crippen molar-refractivity contribution in [2.24, 2.45) is 0 Å². The monoisotopic (exact) mass is 236 g/mol. The predicted molar refractivity (Wildman–Crippen MR) is 58.4 cm³/mol. The van der Waals surface area contributed by atoms with Crippen LogP contribution in [0.4, 0.5) is 0 Å². The molecule has 0 aromatic carbocycles. The first-order chi connectivity index (χ1) is 7.74. The van der Waals surface area contributed by atoms with Gasteiger partial charge in [-0.1, -0.05) is 11.6 Å². The average Bonchev–Trinajstić information content (AvgIpc) is 2.70. The van der Waals surface area contributed by atoms with Crippen LogP contribution in [0.1, 0.15) is 23.2 Å². The largest absolute Gasteiger partial charge is 0.283 e. The number of nitrogens with zero attached hydrogens (tertiary/aromatic N) is 4. The molecule has 0 radical (unpaired) electrons. The van der Waals surface area contributed by atoms with E-state index >= 15 is 0 Å². The van der Waals surface area contributed by atoms with Gasteiger partial charge in [-0.2, -0.15) is 5.10 Å². The van der Waals surface area contributed by atoms with Crippen molar-refractivity contribution in [3.8, 4) is 0 Å². The topological polar surface area (TPSA) is 60.7 Å². The maximum absolute atomic E-state index is 12.0. The van der Waals surface area contributed by atoms with E-state index in [9.17, 15) is 4.79 Å². The van der Waals surface area contributed by atoms with Crippen molar-refractivity contribution in [1.82, 2.24) is 19.7 Å². The number of aromatic nitrogens is 4. The van der Waals surface area contributed by atoms with Gasteiger partial charge in [0.1, 0.15) is 5.69 Å². The lowest BCUT2D eigenvalue weighted by atomic mass is 10.2. The number of ketones is 1. The molecule has 0 unspecified atom stereocenters. The van der Waals surface area contributed by atoms with E-state index in [1.165, 1.54) is 23.3 Å². The maximum Gasteiger partial charge on any atom is 0.249 e. The molecule has 16 heavy (non-hydrogen) atoms. The van der Waals surface area contributed by atoms with Crippen molar-refractivity contribution in [2.75, 3.05) is 0 Å². The summed E-state index contributed by atoms with van der Waals surface area (Å²) in [6, 6.07) is 1.65. The summed E-state index contributed by atoms with van der Waals surface area (Å²) >= 11 is 5.91. The van der Waals surface area contributed by atoms with Crippen molar-refractivity contribution in [3.63, 3.8) is 0 Å². The van der Waals surface area contributed by atoms with Gasteiger partial charge in [-0.3, -0.25) is 9.48 Å². The van der Waals surface area contributed by atoms with E-state index in [4.69, 9.17) is 11.6 Å². The third-order valence-electron chi connectivity index (χ3n) is 2.08. The predicted octanol–water partition coefficient (Wildman–Crippen LogP) is 1.58. The highest BCUT2D eigenvalue weighted by Gasteiger charge is 2.20. The molecule has 6 heteroatoms. The Kier molecular flexibility index (Phi) is 2.96. The lowest BCUT2D eigenvalue weighted by molar-refractivity contribution is 0.101. The molecule has 0 aliphatic carbocycles. The summed E-state index contributed by atoms with van der Waals surface area (Å²) in [5.74, 6) is -0.190. The minimum atomic E-state index is -0.315. The van der Waals surface area contributed by atoms with E-state index in [1.807, 2.05) is 6.92 Å². The van der Waals surface area contributed by atoms with Crippen molar-refractivity contribution in [3.05, 3.63) is 41.2 Å². The van der Waals surface area contributed by atoms with Gasteiger partial charge in [-0.15, -0.1) is 0 Å². The summed E-state index contributed by atoms with van der Waals surface area (Å²) in [7, 11) is 0. The number of aryl methyl sites for hydroxylation is 1. The Balaban J connectivity index is 2.45. The van der Waals surface area contributed by atoms with Gasteiger partial charge in [0.25, 0.3) is 0 Å². The SMILES string of the molecule is CCn1ncc(Cl)c1C(=O)c1ncccn1. The second-order valence-electron chi connectivity index (χ2n) is 3.06. The molecule has 2 aromatic rings. The van der Waals surface area contributed by atoms with Crippen molar-refractivity contribution < 1.29 is 4.79 Å². The van der Waals surface area contributed by atoms with Crippen LogP contribution in [0.15, 0.2) is 24.7 Å². The Bertz CT molecular complexity index is 509. The van der Waals surface area contributed by atoms with Gasteiger partial charge in [0.2, 0.25) is 11.6 Å². The number of carbonyl (C=O) groups excluding carboxylic acids is 1. The van der Waals surface area contributed by atoms with Crippen LogP contribution in [-0.2, 0) is 6.54 Å². The minimum absolute atomic E-state index is 0.125. The van der Waals surface area contributed by atoms with E-state index in [2.05, 4.69) is 15.1 Å². The number of halogens is 1. The zero-order valence-corrected chi connectivity index (χ0v) is 9.35. The van der Waals surface area contributed by atoms with Crippen LogP contribution in [0.3, 0.4) is 0 Å². The van der Waals surface area contributed by atoms with Gasteiger partial charge in [0.15, 0.2) is 0 Å². The normalized spacial score (nSPS) is 10.4. The highest BCUT2D eigenvalue weighted by molar-refractivity contribution is 6.34. The highest BCUT2D eigenvalue weighted by Crippen LogP contribution is 2.17. The second kappa shape index (κ2) is 4.40. The average molecular weight is 237 g/mol. The first-order valence-electron chi connectivity index (χ1n) is 4.77. The molecule has 0 saturated heterocycles. The molecule has 0 spiro atoms. The van der Waals surface area contributed by atoms with E-state index in [0.717, 1.165) is 0 Å². The standard InChI is InChI=1S/C10H9ClN4O/c1-2-15-8(7(11)6-14-15)9(16)10-12-4-3-5-13-10/h3-6H,2H2,1H3. The number of hydrogen-bond acceptors (Lipinski definition) is 4.